The van der Waals surface area contributed by atoms with E-state index in [2.05, 4.69) is 10.3 Å². The van der Waals surface area contributed by atoms with Crippen molar-refractivity contribution >= 4 is 11.9 Å². The normalized spacial score (nSPS) is 14.5. The van der Waals surface area contributed by atoms with Crippen molar-refractivity contribution in [2.24, 2.45) is 5.92 Å². The molecule has 26 heavy (non-hydrogen) atoms. The Labute approximate surface area is 151 Å². The number of hydrogen-bond acceptors (Lipinski definition) is 4. The average molecular weight is 356 g/mol. The zero-order valence-electron chi connectivity index (χ0n) is 14.4. The largest absolute Gasteiger partial charge is 0.451 e. The summed E-state index contributed by atoms with van der Waals surface area (Å²) in [7, 11) is 0. The molecule has 1 aliphatic carbocycles. The van der Waals surface area contributed by atoms with E-state index in [-0.39, 0.29) is 18.2 Å². The smallest absolute Gasteiger partial charge is 0.306 e. The van der Waals surface area contributed by atoms with Gasteiger partial charge < -0.3 is 10.1 Å². The molecule has 1 heterocycles. The van der Waals surface area contributed by atoms with Gasteiger partial charge in [0.1, 0.15) is 5.82 Å². The van der Waals surface area contributed by atoms with E-state index in [9.17, 15) is 14.0 Å². The summed E-state index contributed by atoms with van der Waals surface area (Å²) in [6.07, 6.45) is 3.41. The zero-order valence-corrected chi connectivity index (χ0v) is 14.4. The lowest BCUT2D eigenvalue weighted by atomic mass is 10.1. The summed E-state index contributed by atoms with van der Waals surface area (Å²) in [5, 5.41) is 2.82. The first-order valence-corrected chi connectivity index (χ1v) is 8.77. The molecule has 1 atom stereocenters. The second-order valence-corrected chi connectivity index (χ2v) is 6.35. The minimum atomic E-state index is -0.763. The van der Waals surface area contributed by atoms with Crippen molar-refractivity contribution < 1.29 is 18.7 Å². The fraction of sp³-hybridized carbons (Fsp3) is 0.350. The van der Waals surface area contributed by atoms with Crippen molar-refractivity contribution in [2.45, 2.75) is 31.8 Å². The van der Waals surface area contributed by atoms with Gasteiger partial charge >= 0.3 is 5.97 Å². The Balaban J connectivity index is 1.58. The minimum Gasteiger partial charge on any atom is -0.451 e. The summed E-state index contributed by atoms with van der Waals surface area (Å²) in [5.41, 5.74) is 1.06. The number of benzene rings is 1. The number of esters is 1. The third-order valence-corrected chi connectivity index (χ3v) is 4.16. The van der Waals surface area contributed by atoms with Crippen LogP contribution in [0.25, 0.3) is 0 Å². The van der Waals surface area contributed by atoms with Crippen molar-refractivity contribution in [2.75, 3.05) is 6.54 Å². The van der Waals surface area contributed by atoms with Crippen molar-refractivity contribution in [3.05, 3.63) is 65.7 Å². The van der Waals surface area contributed by atoms with Crippen molar-refractivity contribution in [3.63, 3.8) is 0 Å². The number of amides is 1. The summed E-state index contributed by atoms with van der Waals surface area (Å²) in [6.45, 7) is 0.443. The van der Waals surface area contributed by atoms with E-state index >= 15 is 0 Å². The molecular weight excluding hydrogens is 335 g/mol. The van der Waals surface area contributed by atoms with Crippen molar-refractivity contribution in [1.82, 2.24) is 10.3 Å². The molecule has 0 saturated heterocycles. The highest BCUT2D eigenvalue weighted by Gasteiger charge is 2.29. The molecule has 1 aromatic carbocycles. The number of nitrogens with zero attached hydrogens (tertiary/aromatic N) is 1. The van der Waals surface area contributed by atoms with E-state index in [1.807, 2.05) is 0 Å². The van der Waals surface area contributed by atoms with Gasteiger partial charge in [0.15, 0.2) is 6.10 Å². The van der Waals surface area contributed by atoms with Crippen LogP contribution in [0.4, 0.5) is 4.39 Å². The molecule has 1 amide bonds. The third-order valence-electron chi connectivity index (χ3n) is 4.16. The Bertz CT molecular complexity index is 763. The molecule has 1 aromatic heterocycles. The molecule has 5 nitrogen and oxygen atoms in total. The fourth-order valence-electron chi connectivity index (χ4n) is 2.62. The van der Waals surface area contributed by atoms with Crippen LogP contribution in [0, 0.1) is 11.7 Å². The predicted molar refractivity (Wildman–Crippen MR) is 93.5 cm³/mol. The van der Waals surface area contributed by atoms with Crippen molar-refractivity contribution in [3.8, 4) is 0 Å². The van der Waals surface area contributed by atoms with Crippen LogP contribution < -0.4 is 5.32 Å². The highest BCUT2D eigenvalue weighted by atomic mass is 19.1. The van der Waals surface area contributed by atoms with Gasteiger partial charge in [0.25, 0.3) is 0 Å². The third kappa shape index (κ3) is 5.12. The molecule has 0 spiro atoms. The summed E-state index contributed by atoms with van der Waals surface area (Å²) < 4.78 is 19.1. The Hall–Kier alpha value is -2.76. The van der Waals surface area contributed by atoms with Gasteiger partial charge in [0, 0.05) is 30.6 Å². The molecule has 136 valence electrons. The number of carbonyl (C=O) groups excluding carboxylic acids is 2. The molecule has 2 aromatic rings. The van der Waals surface area contributed by atoms with Gasteiger partial charge in [-0.15, -0.1) is 0 Å². The molecule has 1 saturated carbocycles. The van der Waals surface area contributed by atoms with Crippen molar-refractivity contribution in [1.29, 1.82) is 0 Å². The van der Waals surface area contributed by atoms with Crippen LogP contribution >= 0.6 is 0 Å². The molecule has 0 bridgehead atoms. The van der Waals surface area contributed by atoms with Gasteiger partial charge in [-0.25, -0.2) is 4.39 Å². The first kappa shape index (κ1) is 18.0. The quantitative estimate of drug-likeness (QED) is 0.583. The number of nitrogens with one attached hydrogen (secondary N) is 1. The van der Waals surface area contributed by atoms with Gasteiger partial charge in [-0.3, -0.25) is 14.6 Å². The highest BCUT2D eigenvalue weighted by Crippen LogP contribution is 2.28. The molecule has 3 rings (SSSR count). The van der Waals surface area contributed by atoms with Gasteiger partial charge in [-0.2, -0.15) is 0 Å². The van der Waals surface area contributed by atoms with Crippen LogP contribution in [0.5, 0.6) is 0 Å². The number of rotatable bonds is 8. The predicted octanol–water partition coefficient (Wildman–Crippen LogP) is 3.16. The maximum absolute atomic E-state index is 13.6. The maximum Gasteiger partial charge on any atom is 0.306 e. The lowest BCUT2D eigenvalue weighted by Gasteiger charge is -2.18. The Kier molecular flexibility index (Phi) is 5.94. The molecule has 6 heteroatoms. The fourth-order valence-corrected chi connectivity index (χ4v) is 2.62. The first-order chi connectivity index (χ1) is 12.6. The van der Waals surface area contributed by atoms with Gasteiger partial charge in [-0.05, 0) is 43.5 Å². The highest BCUT2D eigenvalue weighted by molar-refractivity contribution is 5.80. The van der Waals surface area contributed by atoms with Gasteiger partial charge in [-0.1, -0.05) is 18.2 Å². The maximum atomic E-state index is 13.6. The number of pyridine rings is 1. The first-order valence-electron chi connectivity index (χ1n) is 8.77. The van der Waals surface area contributed by atoms with Crippen LogP contribution in [0.2, 0.25) is 0 Å². The lowest BCUT2D eigenvalue weighted by Crippen LogP contribution is -2.26. The molecule has 0 radical (unpaired) electrons. The van der Waals surface area contributed by atoms with Crippen LogP contribution in [-0.2, 0) is 14.3 Å². The van der Waals surface area contributed by atoms with E-state index in [4.69, 9.17) is 4.74 Å². The number of aromatic nitrogens is 1. The summed E-state index contributed by atoms with van der Waals surface area (Å²) in [5.74, 6) is -0.596. The Morgan fingerprint density at radius 1 is 1.23 bits per heavy atom. The topological polar surface area (TPSA) is 68.3 Å². The molecule has 1 fully saturated rings. The van der Waals surface area contributed by atoms with Gasteiger partial charge in [0.2, 0.25) is 5.91 Å². The summed E-state index contributed by atoms with van der Waals surface area (Å²) >= 11 is 0. The number of hydrogen-bond donors (Lipinski definition) is 1. The van der Waals surface area contributed by atoms with E-state index in [0.29, 0.717) is 24.2 Å². The molecular formula is C20H21FN2O3. The Morgan fingerprint density at radius 2 is 2.08 bits per heavy atom. The van der Waals surface area contributed by atoms with E-state index < -0.39 is 17.9 Å². The van der Waals surface area contributed by atoms with E-state index in [0.717, 1.165) is 12.8 Å². The molecule has 1 N–H and O–H groups in total. The Morgan fingerprint density at radius 3 is 2.77 bits per heavy atom. The number of halogens is 1. The molecule has 0 aliphatic heterocycles. The van der Waals surface area contributed by atoms with Crippen LogP contribution in [0.15, 0.2) is 48.7 Å². The van der Waals surface area contributed by atoms with Crippen LogP contribution in [0.1, 0.15) is 43.0 Å². The molecule has 1 unspecified atom stereocenters. The zero-order chi connectivity index (χ0) is 18.4. The summed E-state index contributed by atoms with van der Waals surface area (Å²) in [4.78, 5) is 28.0. The second kappa shape index (κ2) is 8.56. The SMILES string of the molecule is O=C(CCCNC(=O)C1CC1)OC(c1cccc(F)c1)c1ccccn1. The monoisotopic (exact) mass is 356 g/mol. The lowest BCUT2D eigenvalue weighted by molar-refractivity contribution is -0.148. The molecule has 1 aliphatic rings. The van der Waals surface area contributed by atoms with Gasteiger partial charge in [0.05, 0.1) is 5.69 Å². The van der Waals surface area contributed by atoms with E-state index in [1.165, 1.54) is 12.1 Å². The second-order valence-electron chi connectivity index (χ2n) is 6.35. The van der Waals surface area contributed by atoms with Crippen LogP contribution in [-0.4, -0.2) is 23.4 Å². The minimum absolute atomic E-state index is 0.0597. The van der Waals surface area contributed by atoms with Crippen LogP contribution in [0.3, 0.4) is 0 Å². The summed E-state index contributed by atoms with van der Waals surface area (Å²) in [6, 6.07) is 11.2. The average Bonchev–Trinajstić information content (AvgIpc) is 3.49. The standard InChI is InChI=1S/C20H21FN2O3/c21-16-6-3-5-15(13-16)19(17-7-1-2-11-22-17)26-18(24)8-4-12-23-20(25)14-9-10-14/h1-3,5-7,11,13-14,19H,4,8-10,12H2,(H,23,25). The number of ether oxygens (including phenoxy) is 1. The number of carbonyl (C=O) groups is 2. The van der Waals surface area contributed by atoms with E-state index in [1.54, 1.807) is 36.5 Å².